The number of hydrogen-bond acceptors (Lipinski definition) is 4. The summed E-state index contributed by atoms with van der Waals surface area (Å²) in [4.78, 5) is 12.2. The molecule has 30 heavy (non-hydrogen) atoms. The fraction of sp³-hybridized carbons (Fsp3) is 0.200. The van der Waals surface area contributed by atoms with Gasteiger partial charge in [0.05, 0.1) is 11.2 Å². The van der Waals surface area contributed by atoms with Crippen molar-refractivity contribution in [3.63, 3.8) is 0 Å². The van der Waals surface area contributed by atoms with Crippen LogP contribution in [0, 0.1) is 12.7 Å². The van der Waals surface area contributed by atoms with Crippen molar-refractivity contribution in [2.24, 2.45) is 0 Å². The number of aromatic nitrogens is 2. The summed E-state index contributed by atoms with van der Waals surface area (Å²) in [6.07, 6.45) is 4.33. The first-order valence-electron chi connectivity index (χ1n) is 9.10. The van der Waals surface area contributed by atoms with Crippen LogP contribution < -0.4 is 10.0 Å². The number of anilines is 1. The number of nitrogens with zero attached hydrogens (tertiary/aromatic N) is 2. The van der Waals surface area contributed by atoms with E-state index in [4.69, 9.17) is 11.6 Å². The molecule has 0 fully saturated rings. The van der Waals surface area contributed by atoms with Crippen LogP contribution in [0.4, 0.5) is 10.1 Å². The van der Waals surface area contributed by atoms with Crippen molar-refractivity contribution in [2.75, 3.05) is 11.3 Å². The Balaban J connectivity index is 1.65. The molecule has 3 aromatic rings. The third-order valence-corrected chi connectivity index (χ3v) is 6.05. The van der Waals surface area contributed by atoms with Gasteiger partial charge in [-0.2, -0.15) is 5.10 Å². The molecule has 0 spiro atoms. The summed E-state index contributed by atoms with van der Waals surface area (Å²) in [5, 5.41) is 6.89. The number of carbonyl (C=O) groups is 1. The van der Waals surface area contributed by atoms with E-state index in [2.05, 4.69) is 15.1 Å². The van der Waals surface area contributed by atoms with E-state index in [0.29, 0.717) is 19.5 Å². The standard InChI is InChI=1S/C20H20ClFN4O3S/c1-14-12-24-26(13-14)10-2-9-23-20(27)15-3-8-18(21)19(11-15)30(28,29)25-17-6-4-16(22)5-7-17/h3-8,11-13,25H,2,9-10H2,1H3,(H,23,27). The monoisotopic (exact) mass is 450 g/mol. The van der Waals surface area contributed by atoms with Gasteiger partial charge in [0, 0.05) is 30.5 Å². The summed E-state index contributed by atoms with van der Waals surface area (Å²) < 4.78 is 42.5. The lowest BCUT2D eigenvalue weighted by molar-refractivity contribution is 0.0952. The highest BCUT2D eigenvalue weighted by Crippen LogP contribution is 2.25. The molecule has 0 saturated carbocycles. The highest BCUT2D eigenvalue weighted by atomic mass is 35.5. The number of nitrogens with one attached hydrogen (secondary N) is 2. The van der Waals surface area contributed by atoms with Gasteiger partial charge in [0.25, 0.3) is 15.9 Å². The highest BCUT2D eigenvalue weighted by molar-refractivity contribution is 7.92. The summed E-state index contributed by atoms with van der Waals surface area (Å²) >= 11 is 6.05. The number of halogens is 2. The molecule has 0 atom stereocenters. The fourth-order valence-electron chi connectivity index (χ4n) is 2.71. The second-order valence-electron chi connectivity index (χ2n) is 6.65. The van der Waals surface area contributed by atoms with Gasteiger partial charge in [0.15, 0.2) is 0 Å². The average molecular weight is 451 g/mol. The maximum atomic E-state index is 13.0. The molecule has 1 aromatic heterocycles. The van der Waals surface area contributed by atoms with Crippen LogP contribution in [-0.4, -0.2) is 30.7 Å². The summed E-state index contributed by atoms with van der Waals surface area (Å²) in [5.74, 6) is -0.904. The van der Waals surface area contributed by atoms with Crippen LogP contribution in [0.25, 0.3) is 0 Å². The summed E-state index contributed by atoms with van der Waals surface area (Å²) in [6.45, 7) is 2.99. The Hall–Kier alpha value is -2.91. The molecule has 0 aliphatic carbocycles. The largest absolute Gasteiger partial charge is 0.352 e. The van der Waals surface area contributed by atoms with E-state index >= 15 is 0 Å². The quantitative estimate of drug-likeness (QED) is 0.513. The van der Waals surface area contributed by atoms with Gasteiger partial charge in [0.1, 0.15) is 10.7 Å². The van der Waals surface area contributed by atoms with E-state index in [9.17, 15) is 17.6 Å². The third kappa shape index (κ3) is 5.58. The van der Waals surface area contributed by atoms with Gasteiger partial charge in [-0.15, -0.1) is 0 Å². The average Bonchev–Trinajstić information content (AvgIpc) is 3.12. The Morgan fingerprint density at radius 1 is 1.20 bits per heavy atom. The first-order chi connectivity index (χ1) is 14.2. The number of amides is 1. The van der Waals surface area contributed by atoms with E-state index in [0.717, 1.165) is 17.7 Å². The first-order valence-corrected chi connectivity index (χ1v) is 11.0. The van der Waals surface area contributed by atoms with Gasteiger partial charge < -0.3 is 5.32 Å². The molecule has 0 aliphatic rings. The van der Waals surface area contributed by atoms with Gasteiger partial charge in [-0.1, -0.05) is 11.6 Å². The van der Waals surface area contributed by atoms with Crippen molar-refractivity contribution >= 4 is 33.2 Å². The molecular formula is C20H20ClFN4O3S. The molecule has 0 aliphatic heterocycles. The Kier molecular flexibility index (Phi) is 6.73. The second-order valence-corrected chi connectivity index (χ2v) is 8.71. The van der Waals surface area contributed by atoms with Crippen LogP contribution in [-0.2, 0) is 16.6 Å². The van der Waals surface area contributed by atoms with Crippen LogP contribution in [0.15, 0.2) is 59.8 Å². The molecule has 2 aromatic carbocycles. The Labute approximate surface area is 178 Å². The molecule has 10 heteroatoms. The molecule has 3 rings (SSSR count). The van der Waals surface area contributed by atoms with Crippen molar-refractivity contribution in [3.8, 4) is 0 Å². The number of sulfonamides is 1. The SMILES string of the molecule is Cc1cnn(CCCNC(=O)c2ccc(Cl)c(S(=O)(=O)Nc3ccc(F)cc3)c2)c1. The summed E-state index contributed by atoms with van der Waals surface area (Å²) in [7, 11) is -4.07. The molecule has 1 heterocycles. The molecular weight excluding hydrogens is 431 g/mol. The van der Waals surface area contributed by atoms with Crippen molar-refractivity contribution in [1.29, 1.82) is 0 Å². The lowest BCUT2D eigenvalue weighted by atomic mass is 10.2. The molecule has 0 bridgehead atoms. The lowest BCUT2D eigenvalue weighted by Crippen LogP contribution is -2.25. The Bertz CT molecular complexity index is 1150. The van der Waals surface area contributed by atoms with Crippen LogP contribution >= 0.6 is 11.6 Å². The maximum Gasteiger partial charge on any atom is 0.263 e. The van der Waals surface area contributed by atoms with Crippen LogP contribution in [0.1, 0.15) is 22.3 Å². The molecule has 158 valence electrons. The second kappa shape index (κ2) is 9.27. The predicted molar refractivity (Wildman–Crippen MR) is 113 cm³/mol. The molecule has 2 N–H and O–H groups in total. The van der Waals surface area contributed by atoms with E-state index in [1.807, 2.05) is 13.1 Å². The molecule has 0 unspecified atom stereocenters. The summed E-state index contributed by atoms with van der Waals surface area (Å²) in [6, 6.07) is 8.85. The van der Waals surface area contributed by atoms with Crippen molar-refractivity contribution in [2.45, 2.75) is 24.8 Å². The van der Waals surface area contributed by atoms with E-state index < -0.39 is 21.7 Å². The number of rotatable bonds is 8. The number of hydrogen-bond donors (Lipinski definition) is 2. The normalized spacial score (nSPS) is 11.3. The van der Waals surface area contributed by atoms with Crippen LogP contribution in [0.3, 0.4) is 0 Å². The number of aryl methyl sites for hydroxylation is 2. The molecule has 0 radical (unpaired) electrons. The number of carbonyl (C=O) groups excluding carboxylic acids is 1. The Morgan fingerprint density at radius 3 is 2.60 bits per heavy atom. The van der Waals surface area contributed by atoms with Crippen molar-refractivity contribution < 1.29 is 17.6 Å². The highest BCUT2D eigenvalue weighted by Gasteiger charge is 2.20. The first kappa shape index (κ1) is 21.8. The van der Waals surface area contributed by atoms with E-state index in [1.54, 1.807) is 10.9 Å². The maximum absolute atomic E-state index is 13.0. The van der Waals surface area contributed by atoms with Gasteiger partial charge >= 0.3 is 0 Å². The van der Waals surface area contributed by atoms with Crippen molar-refractivity contribution in [3.05, 3.63) is 76.8 Å². The zero-order valence-electron chi connectivity index (χ0n) is 16.1. The minimum Gasteiger partial charge on any atom is -0.352 e. The minimum absolute atomic E-state index is 0.0322. The third-order valence-electron chi connectivity index (χ3n) is 4.19. The molecule has 7 nitrogen and oxygen atoms in total. The van der Waals surface area contributed by atoms with Gasteiger partial charge in [-0.3, -0.25) is 14.2 Å². The van der Waals surface area contributed by atoms with Crippen molar-refractivity contribution in [1.82, 2.24) is 15.1 Å². The molecule has 1 amide bonds. The zero-order chi connectivity index (χ0) is 21.7. The van der Waals surface area contributed by atoms with Crippen LogP contribution in [0.5, 0.6) is 0 Å². The van der Waals surface area contributed by atoms with Gasteiger partial charge in [-0.05, 0) is 61.4 Å². The van der Waals surface area contributed by atoms with E-state index in [1.165, 1.54) is 30.3 Å². The van der Waals surface area contributed by atoms with Crippen LogP contribution in [0.2, 0.25) is 5.02 Å². The van der Waals surface area contributed by atoms with E-state index in [-0.39, 0.29) is 21.2 Å². The Morgan fingerprint density at radius 2 is 1.93 bits per heavy atom. The van der Waals surface area contributed by atoms with Gasteiger partial charge in [0.2, 0.25) is 0 Å². The topological polar surface area (TPSA) is 93.1 Å². The lowest BCUT2D eigenvalue weighted by Gasteiger charge is -2.11. The smallest absolute Gasteiger partial charge is 0.263 e. The summed E-state index contributed by atoms with van der Waals surface area (Å²) in [5.41, 5.74) is 1.40. The predicted octanol–water partition coefficient (Wildman–Crippen LogP) is 3.60. The van der Waals surface area contributed by atoms with Gasteiger partial charge in [-0.25, -0.2) is 12.8 Å². The fourth-order valence-corrected chi connectivity index (χ4v) is 4.30. The zero-order valence-corrected chi connectivity index (χ0v) is 17.7. The number of benzene rings is 2. The minimum atomic E-state index is -4.07. The molecule has 0 saturated heterocycles.